The van der Waals surface area contributed by atoms with Gasteiger partial charge < -0.3 is 0 Å². The highest BCUT2D eigenvalue weighted by molar-refractivity contribution is 7.41. The van der Waals surface area contributed by atoms with Crippen molar-refractivity contribution in [3.05, 3.63) is 64.4 Å². The average molecular weight is 284 g/mol. The first-order chi connectivity index (χ1) is 9.59. The van der Waals surface area contributed by atoms with E-state index in [1.807, 2.05) is 55.6 Å². The molecule has 4 heteroatoms. The second-order valence-corrected chi connectivity index (χ2v) is 6.69. The highest BCUT2D eigenvalue weighted by atomic mass is 32.2. The first kappa shape index (κ1) is 12.8. The van der Waals surface area contributed by atoms with Crippen molar-refractivity contribution in [2.45, 2.75) is 6.92 Å². The maximum Gasteiger partial charge on any atom is 0.304 e. The zero-order chi connectivity index (χ0) is 14.3. The summed E-state index contributed by atoms with van der Waals surface area (Å²) in [6.45, 7) is 1.55. The summed E-state index contributed by atoms with van der Waals surface area (Å²) < 4.78 is 2.82. The molecule has 0 aliphatic carbocycles. The van der Waals surface area contributed by atoms with Crippen LogP contribution in [-0.2, 0) is 7.05 Å². The van der Waals surface area contributed by atoms with Crippen LogP contribution in [0.1, 0.15) is 17.3 Å². The standard InChI is InChI=1S/C16H14NO2S/c1-11(18)12-7-9-13(10-8-12)20-15-6-4-3-5-14(15)16(19)17(20)2/h3-10H,1-2H3/q+1. The summed E-state index contributed by atoms with van der Waals surface area (Å²) in [6.07, 6.45) is 0. The van der Waals surface area contributed by atoms with Gasteiger partial charge in [-0.2, -0.15) is 0 Å². The lowest BCUT2D eigenvalue weighted by Crippen LogP contribution is -2.09. The minimum Gasteiger partial charge on any atom is -0.295 e. The van der Waals surface area contributed by atoms with E-state index in [0.717, 1.165) is 15.0 Å². The molecular formula is C16H14NO2S+. The van der Waals surface area contributed by atoms with Crippen LogP contribution in [0.15, 0.2) is 53.3 Å². The molecule has 1 atom stereocenters. The number of hydrogen-bond acceptors (Lipinski definition) is 2. The Morgan fingerprint density at radius 2 is 1.70 bits per heavy atom. The Kier molecular flexibility index (Phi) is 3.03. The van der Waals surface area contributed by atoms with Gasteiger partial charge in [0.2, 0.25) is 9.60 Å². The van der Waals surface area contributed by atoms with E-state index >= 15 is 0 Å². The number of ketones is 1. The van der Waals surface area contributed by atoms with Gasteiger partial charge in [-0.3, -0.25) is 9.59 Å². The minimum atomic E-state index is -0.389. The molecule has 0 N–H and O–H groups in total. The molecule has 2 aromatic carbocycles. The van der Waals surface area contributed by atoms with Gasteiger partial charge in [-0.15, -0.1) is 3.96 Å². The third-order valence-corrected chi connectivity index (χ3v) is 5.57. The molecule has 0 amide bonds. The van der Waals surface area contributed by atoms with E-state index in [2.05, 4.69) is 0 Å². The largest absolute Gasteiger partial charge is 0.304 e. The lowest BCUT2D eigenvalue weighted by molar-refractivity contribution is 0.101. The van der Waals surface area contributed by atoms with Crippen LogP contribution >= 0.6 is 10.7 Å². The SMILES string of the molecule is CC(=O)c1ccc(-[s+]2c3ccccc3c(=O)n2C)cc1. The zero-order valence-electron chi connectivity index (χ0n) is 11.3. The van der Waals surface area contributed by atoms with E-state index in [4.69, 9.17) is 0 Å². The summed E-state index contributed by atoms with van der Waals surface area (Å²) in [4.78, 5) is 24.6. The topological polar surface area (TPSA) is 39.1 Å². The van der Waals surface area contributed by atoms with Crippen molar-refractivity contribution in [3.8, 4) is 4.90 Å². The van der Waals surface area contributed by atoms with Gasteiger partial charge in [0.1, 0.15) is 16.1 Å². The van der Waals surface area contributed by atoms with Crippen LogP contribution in [0.25, 0.3) is 15.0 Å². The molecule has 20 heavy (non-hydrogen) atoms. The van der Waals surface area contributed by atoms with Crippen molar-refractivity contribution in [3.63, 3.8) is 0 Å². The van der Waals surface area contributed by atoms with Gasteiger partial charge in [0.15, 0.2) is 5.78 Å². The van der Waals surface area contributed by atoms with E-state index in [9.17, 15) is 9.59 Å². The molecule has 0 saturated heterocycles. The third kappa shape index (κ3) is 1.89. The highest BCUT2D eigenvalue weighted by Gasteiger charge is 2.23. The fourth-order valence-corrected chi connectivity index (χ4v) is 4.41. The van der Waals surface area contributed by atoms with Crippen molar-refractivity contribution in [2.24, 2.45) is 7.05 Å². The van der Waals surface area contributed by atoms with Crippen LogP contribution < -0.4 is 5.56 Å². The van der Waals surface area contributed by atoms with Gasteiger partial charge in [0.05, 0.1) is 7.05 Å². The van der Waals surface area contributed by atoms with Gasteiger partial charge in [-0.1, -0.05) is 12.1 Å². The van der Waals surface area contributed by atoms with Crippen molar-refractivity contribution < 1.29 is 4.79 Å². The van der Waals surface area contributed by atoms with Gasteiger partial charge in [-0.05, 0) is 25.1 Å². The number of carbonyl (C=O) groups is 1. The lowest BCUT2D eigenvalue weighted by Gasteiger charge is -1.96. The summed E-state index contributed by atoms with van der Waals surface area (Å²) >= 11 is 0. The lowest BCUT2D eigenvalue weighted by atomic mass is 10.2. The summed E-state index contributed by atoms with van der Waals surface area (Å²) in [5.41, 5.74) is 0.749. The molecule has 0 aliphatic rings. The van der Waals surface area contributed by atoms with Crippen molar-refractivity contribution in [1.29, 1.82) is 0 Å². The monoisotopic (exact) mass is 284 g/mol. The molecule has 1 unspecified atom stereocenters. The van der Waals surface area contributed by atoms with Crippen molar-refractivity contribution in [1.82, 2.24) is 3.96 Å². The Bertz CT molecular complexity index is 856. The quantitative estimate of drug-likeness (QED) is 0.534. The highest BCUT2D eigenvalue weighted by Crippen LogP contribution is 2.36. The van der Waals surface area contributed by atoms with Crippen LogP contribution in [0, 0.1) is 0 Å². The third-order valence-electron chi connectivity index (χ3n) is 3.37. The molecule has 1 heterocycles. The van der Waals surface area contributed by atoms with E-state index in [0.29, 0.717) is 5.56 Å². The molecule has 0 saturated carbocycles. The Hall–Kier alpha value is -2.20. The van der Waals surface area contributed by atoms with E-state index in [1.54, 1.807) is 10.9 Å². The summed E-state index contributed by atoms with van der Waals surface area (Å²) in [5, 5.41) is 0.772. The second kappa shape index (κ2) is 4.72. The Balaban J connectivity index is 2.27. The number of nitrogens with zero attached hydrogens (tertiary/aromatic N) is 1. The van der Waals surface area contributed by atoms with Crippen LogP contribution in [0.5, 0.6) is 0 Å². The predicted molar refractivity (Wildman–Crippen MR) is 83.0 cm³/mol. The van der Waals surface area contributed by atoms with E-state index in [1.165, 1.54) is 0 Å². The number of Topliss-reactive ketones (excluding diaryl/α,β-unsaturated/α-hetero) is 1. The van der Waals surface area contributed by atoms with Crippen LogP contribution in [-0.4, -0.2) is 9.74 Å². The smallest absolute Gasteiger partial charge is 0.295 e. The first-order valence-electron chi connectivity index (χ1n) is 6.32. The number of carbonyl (C=O) groups excluding carboxylic acids is 1. The number of hydrogen-bond donors (Lipinski definition) is 0. The first-order valence-corrected chi connectivity index (χ1v) is 7.50. The Morgan fingerprint density at radius 1 is 1.05 bits per heavy atom. The predicted octanol–water partition coefficient (Wildman–Crippen LogP) is 3.48. The summed E-state index contributed by atoms with van der Waals surface area (Å²) in [5.74, 6) is 0.0520. The Labute approximate surface area is 119 Å². The van der Waals surface area contributed by atoms with E-state index in [-0.39, 0.29) is 22.0 Å². The molecule has 0 spiro atoms. The molecule has 0 aliphatic heterocycles. The minimum absolute atomic E-state index is 0.0520. The Morgan fingerprint density at radius 3 is 2.35 bits per heavy atom. The molecule has 3 aromatic rings. The molecular weight excluding hydrogens is 270 g/mol. The number of aromatic nitrogens is 1. The number of fused-ring (bicyclic) bond motifs is 1. The van der Waals surface area contributed by atoms with Gasteiger partial charge >= 0.3 is 5.56 Å². The molecule has 1 aromatic heterocycles. The zero-order valence-corrected chi connectivity index (χ0v) is 12.1. The van der Waals surface area contributed by atoms with Gasteiger partial charge in [-0.25, -0.2) is 0 Å². The molecule has 0 fully saturated rings. The van der Waals surface area contributed by atoms with E-state index < -0.39 is 0 Å². The fourth-order valence-electron chi connectivity index (χ4n) is 2.32. The molecule has 3 nitrogen and oxygen atoms in total. The molecule has 3 rings (SSSR count). The molecule has 0 radical (unpaired) electrons. The van der Waals surface area contributed by atoms with Crippen molar-refractivity contribution in [2.75, 3.05) is 0 Å². The summed E-state index contributed by atoms with van der Waals surface area (Å²) in [6, 6.07) is 15.2. The molecule has 0 bridgehead atoms. The summed E-state index contributed by atoms with van der Waals surface area (Å²) in [7, 11) is 1.43. The van der Waals surface area contributed by atoms with Gasteiger partial charge in [0.25, 0.3) is 0 Å². The normalized spacial score (nSPS) is 11.8. The van der Waals surface area contributed by atoms with Crippen LogP contribution in [0.2, 0.25) is 0 Å². The second-order valence-electron chi connectivity index (χ2n) is 4.66. The average Bonchev–Trinajstić information content (AvgIpc) is 2.72. The van der Waals surface area contributed by atoms with Crippen LogP contribution in [0.4, 0.5) is 0 Å². The van der Waals surface area contributed by atoms with Crippen molar-refractivity contribution >= 4 is 26.5 Å². The number of rotatable bonds is 2. The van der Waals surface area contributed by atoms with Crippen LogP contribution in [0.3, 0.4) is 0 Å². The maximum atomic E-state index is 12.2. The fraction of sp³-hybridized carbons (Fsp3) is 0.125. The van der Waals surface area contributed by atoms with Gasteiger partial charge in [0, 0.05) is 23.8 Å². The maximum absolute atomic E-state index is 12.2. The number of benzene rings is 2. The molecule has 100 valence electrons.